The molecule has 0 bridgehead atoms. The van der Waals surface area contributed by atoms with E-state index in [1.807, 2.05) is 0 Å². The minimum atomic E-state index is -0.520. The first-order valence-electron chi connectivity index (χ1n) is 12.4. The van der Waals surface area contributed by atoms with Crippen LogP contribution in [0.25, 0.3) is 0 Å². The first-order chi connectivity index (χ1) is 17.8. The van der Waals surface area contributed by atoms with Crippen LogP contribution in [0.3, 0.4) is 0 Å². The van der Waals surface area contributed by atoms with E-state index in [1.165, 1.54) is 24.3 Å². The molecule has 2 aromatic carbocycles. The van der Waals surface area contributed by atoms with Gasteiger partial charge in [-0.25, -0.2) is 0 Å². The number of non-ortho nitro benzene ring substituents is 2. The van der Waals surface area contributed by atoms with Gasteiger partial charge in [-0.1, -0.05) is 12.1 Å². The maximum absolute atomic E-state index is 12.6. The number of hydrogen-bond acceptors (Lipinski definition) is 9. The Morgan fingerprint density at radius 3 is 1.38 bits per heavy atom. The summed E-state index contributed by atoms with van der Waals surface area (Å²) in [5, 5.41) is 21.9. The number of ether oxygens (including phenoxy) is 3. The zero-order chi connectivity index (χ0) is 26.4. The van der Waals surface area contributed by atoms with Crippen LogP contribution < -0.4 is 9.47 Å². The topological polar surface area (TPSA) is 148 Å². The van der Waals surface area contributed by atoms with E-state index in [9.17, 15) is 29.8 Å². The molecule has 0 atom stereocenters. The van der Waals surface area contributed by atoms with E-state index in [0.29, 0.717) is 62.9 Å². The fourth-order valence-corrected chi connectivity index (χ4v) is 4.82. The maximum atomic E-state index is 12.6. The van der Waals surface area contributed by atoms with Gasteiger partial charge < -0.3 is 14.2 Å². The fourth-order valence-electron chi connectivity index (χ4n) is 4.82. The second-order valence-corrected chi connectivity index (χ2v) is 9.43. The predicted molar refractivity (Wildman–Crippen MR) is 130 cm³/mol. The third kappa shape index (κ3) is 7.02. The zero-order valence-corrected chi connectivity index (χ0v) is 20.2. The number of nitro groups is 2. The summed E-state index contributed by atoms with van der Waals surface area (Å²) >= 11 is 0. The quantitative estimate of drug-likeness (QED) is 0.203. The van der Waals surface area contributed by atoms with Crippen molar-refractivity contribution >= 4 is 23.3 Å². The number of nitrogens with zero attached hydrogens (tertiary/aromatic N) is 2. The highest BCUT2D eigenvalue weighted by Crippen LogP contribution is 2.32. The molecule has 0 saturated heterocycles. The van der Waals surface area contributed by atoms with Crippen molar-refractivity contribution in [3.8, 4) is 11.5 Å². The third-order valence-electron chi connectivity index (χ3n) is 6.88. The smallest absolute Gasteiger partial charge is 0.316 e. The molecule has 0 spiro atoms. The minimum absolute atomic E-state index is 0.0436. The lowest BCUT2D eigenvalue weighted by molar-refractivity contribution is -0.385. The van der Waals surface area contributed by atoms with E-state index < -0.39 is 21.8 Å². The summed E-state index contributed by atoms with van der Waals surface area (Å²) in [5.41, 5.74) is -0.0872. The number of hydrogen-bond donors (Lipinski definition) is 0. The molecule has 11 heteroatoms. The summed E-state index contributed by atoms with van der Waals surface area (Å²) in [6.07, 6.45) is 4.03. The van der Waals surface area contributed by atoms with E-state index in [1.54, 1.807) is 24.3 Å². The molecule has 2 fully saturated rings. The number of rotatable bonds is 8. The molecule has 2 aromatic rings. The molecule has 0 aromatic heterocycles. The van der Waals surface area contributed by atoms with Crippen LogP contribution in [0, 0.1) is 32.1 Å². The molecule has 0 amide bonds. The first-order valence-corrected chi connectivity index (χ1v) is 12.4. The maximum Gasteiger partial charge on any atom is 0.316 e. The molecular weight excluding hydrogens is 484 g/mol. The zero-order valence-electron chi connectivity index (χ0n) is 20.2. The van der Waals surface area contributed by atoms with Crippen LogP contribution >= 0.6 is 0 Å². The van der Waals surface area contributed by atoms with Crippen molar-refractivity contribution in [2.75, 3.05) is 0 Å². The standard InChI is InChI=1S/C26H28N2O9/c29-25(17-7-11-21(12-8-17)35-23-5-1-3-19(15-23)27(31)32)37-26(30)18-9-13-22(14-10-18)36-24-6-2-4-20(16-24)28(33)34/h1-6,15-18,21-22H,7-14H2. The molecule has 0 unspecified atom stereocenters. The highest BCUT2D eigenvalue weighted by atomic mass is 16.6. The number of nitro benzene ring substituents is 2. The molecular formula is C26H28N2O9. The van der Waals surface area contributed by atoms with E-state index in [2.05, 4.69) is 0 Å². The first kappa shape index (κ1) is 26.1. The third-order valence-corrected chi connectivity index (χ3v) is 6.88. The van der Waals surface area contributed by atoms with Crippen molar-refractivity contribution in [1.82, 2.24) is 0 Å². The Balaban J connectivity index is 1.18. The van der Waals surface area contributed by atoms with Crippen LogP contribution in [0.5, 0.6) is 11.5 Å². The average Bonchev–Trinajstić information content (AvgIpc) is 2.89. The van der Waals surface area contributed by atoms with Gasteiger partial charge >= 0.3 is 11.9 Å². The Labute approximate surface area is 213 Å². The van der Waals surface area contributed by atoms with Gasteiger partial charge in [0.05, 0.1) is 46.0 Å². The van der Waals surface area contributed by atoms with Gasteiger partial charge in [0.2, 0.25) is 0 Å². The van der Waals surface area contributed by atoms with Crippen molar-refractivity contribution in [2.24, 2.45) is 11.8 Å². The van der Waals surface area contributed by atoms with Crippen LogP contribution in [0.15, 0.2) is 48.5 Å². The monoisotopic (exact) mass is 512 g/mol. The van der Waals surface area contributed by atoms with E-state index >= 15 is 0 Å². The van der Waals surface area contributed by atoms with Gasteiger partial charge in [-0.2, -0.15) is 0 Å². The molecule has 0 heterocycles. The van der Waals surface area contributed by atoms with Gasteiger partial charge in [0.25, 0.3) is 11.4 Å². The SMILES string of the molecule is O=C(OC(=O)C1CCC(Oc2cccc([N+](=O)[O-])c2)CC1)C1CCC(Oc2cccc([N+](=O)[O-])c2)CC1. The van der Waals surface area contributed by atoms with Crippen molar-refractivity contribution in [2.45, 2.75) is 63.6 Å². The molecule has 2 aliphatic carbocycles. The second kappa shape index (κ2) is 11.8. The van der Waals surface area contributed by atoms with Crippen molar-refractivity contribution < 1.29 is 33.6 Å². The lowest BCUT2D eigenvalue weighted by Crippen LogP contribution is -2.33. The Morgan fingerprint density at radius 2 is 1.03 bits per heavy atom. The van der Waals surface area contributed by atoms with Crippen molar-refractivity contribution in [3.05, 3.63) is 68.8 Å². The van der Waals surface area contributed by atoms with Crippen LogP contribution in [0.4, 0.5) is 11.4 Å². The predicted octanol–water partition coefficient (Wildman–Crippen LogP) is 5.15. The number of carbonyl (C=O) groups is 2. The lowest BCUT2D eigenvalue weighted by atomic mass is 9.86. The van der Waals surface area contributed by atoms with Crippen molar-refractivity contribution in [1.29, 1.82) is 0 Å². The molecule has 11 nitrogen and oxygen atoms in total. The average molecular weight is 513 g/mol. The van der Waals surface area contributed by atoms with Crippen LogP contribution in [0.2, 0.25) is 0 Å². The number of benzene rings is 2. The Hall–Kier alpha value is -4.02. The molecule has 0 N–H and O–H groups in total. The van der Waals surface area contributed by atoms with Gasteiger partial charge in [0, 0.05) is 12.1 Å². The fraction of sp³-hybridized carbons (Fsp3) is 0.462. The van der Waals surface area contributed by atoms with Gasteiger partial charge in [0.15, 0.2) is 0 Å². The van der Waals surface area contributed by atoms with Crippen molar-refractivity contribution in [3.63, 3.8) is 0 Å². The summed E-state index contributed by atoms with van der Waals surface area (Å²) < 4.78 is 16.9. The second-order valence-electron chi connectivity index (χ2n) is 9.43. The summed E-state index contributed by atoms with van der Waals surface area (Å²) in [7, 11) is 0. The molecule has 2 saturated carbocycles. The Kier molecular flexibility index (Phi) is 8.32. The van der Waals surface area contributed by atoms with Gasteiger partial charge in [-0.3, -0.25) is 29.8 Å². The highest BCUT2D eigenvalue weighted by Gasteiger charge is 2.34. The summed E-state index contributed by atoms with van der Waals surface area (Å²) in [6.45, 7) is 0. The molecule has 37 heavy (non-hydrogen) atoms. The molecule has 0 aliphatic heterocycles. The molecule has 0 radical (unpaired) electrons. The number of carbonyl (C=O) groups excluding carboxylic acids is 2. The van der Waals surface area contributed by atoms with Crippen LogP contribution in [0.1, 0.15) is 51.4 Å². The number of esters is 2. The lowest BCUT2D eigenvalue weighted by Gasteiger charge is -2.29. The summed E-state index contributed by atoms with van der Waals surface area (Å²) in [6, 6.07) is 12.0. The largest absolute Gasteiger partial charge is 0.490 e. The normalized spacial score (nSPS) is 23.5. The summed E-state index contributed by atoms with van der Waals surface area (Å²) in [4.78, 5) is 46.1. The summed E-state index contributed by atoms with van der Waals surface area (Å²) in [5.74, 6) is -0.978. The van der Waals surface area contributed by atoms with Crippen LogP contribution in [-0.2, 0) is 14.3 Å². The highest BCUT2D eigenvalue weighted by molar-refractivity contribution is 5.88. The van der Waals surface area contributed by atoms with Gasteiger partial charge in [-0.15, -0.1) is 0 Å². The van der Waals surface area contributed by atoms with Crippen LogP contribution in [-0.4, -0.2) is 34.0 Å². The minimum Gasteiger partial charge on any atom is -0.490 e. The van der Waals surface area contributed by atoms with E-state index in [4.69, 9.17) is 14.2 Å². The van der Waals surface area contributed by atoms with E-state index in [-0.39, 0.29) is 35.4 Å². The Bertz CT molecular complexity index is 1060. The Morgan fingerprint density at radius 1 is 0.649 bits per heavy atom. The molecule has 2 aliphatic rings. The van der Waals surface area contributed by atoms with Gasteiger partial charge in [-0.05, 0) is 63.5 Å². The molecule has 4 rings (SSSR count). The van der Waals surface area contributed by atoms with Gasteiger partial charge in [0.1, 0.15) is 11.5 Å². The molecule has 196 valence electrons. The van der Waals surface area contributed by atoms with E-state index in [0.717, 1.165) is 0 Å².